The molecule has 102 valence electrons. The molecule has 0 radical (unpaired) electrons. The van der Waals surface area contributed by atoms with Gasteiger partial charge in [-0.05, 0) is 49.6 Å². The number of aryl methyl sites for hydroxylation is 2. The fraction of sp³-hybridized carbons (Fsp3) is 0.375. The van der Waals surface area contributed by atoms with Gasteiger partial charge in [0.05, 0.1) is 0 Å². The van der Waals surface area contributed by atoms with Crippen LogP contribution in [0.4, 0.5) is 0 Å². The van der Waals surface area contributed by atoms with Gasteiger partial charge in [0.2, 0.25) is 0 Å². The van der Waals surface area contributed by atoms with Crippen LogP contribution in [0.1, 0.15) is 40.3 Å². The second-order valence-corrected chi connectivity index (χ2v) is 7.11. The van der Waals surface area contributed by atoms with Crippen molar-refractivity contribution < 1.29 is 0 Å². The van der Waals surface area contributed by atoms with Crippen molar-refractivity contribution in [1.82, 2.24) is 5.32 Å². The second-order valence-electron chi connectivity index (χ2n) is 4.85. The van der Waals surface area contributed by atoms with Crippen LogP contribution in [-0.2, 0) is 6.54 Å². The predicted molar refractivity (Wildman–Crippen MR) is 87.8 cm³/mol. The van der Waals surface area contributed by atoms with E-state index in [4.69, 9.17) is 0 Å². The maximum absolute atomic E-state index is 3.66. The number of rotatable bonds is 5. The number of thiophene rings is 1. The van der Waals surface area contributed by atoms with E-state index < -0.39 is 0 Å². The molecule has 1 aromatic carbocycles. The van der Waals surface area contributed by atoms with Crippen LogP contribution in [0.25, 0.3) is 0 Å². The maximum Gasteiger partial charge on any atom is 0.0321 e. The summed E-state index contributed by atoms with van der Waals surface area (Å²) in [5.74, 6) is 0. The first-order valence-corrected chi connectivity index (χ1v) is 8.26. The molecular weight excluding hydrogens is 318 g/mol. The molecule has 0 amide bonds. The largest absolute Gasteiger partial charge is 0.305 e. The van der Waals surface area contributed by atoms with E-state index in [2.05, 4.69) is 72.3 Å². The first kappa shape index (κ1) is 14.8. The summed E-state index contributed by atoms with van der Waals surface area (Å²) in [7, 11) is 0. The average molecular weight is 338 g/mol. The highest BCUT2D eigenvalue weighted by molar-refractivity contribution is 9.10. The maximum atomic E-state index is 3.66. The minimum absolute atomic E-state index is 0.417. The molecule has 0 aliphatic rings. The second kappa shape index (κ2) is 6.69. The van der Waals surface area contributed by atoms with Gasteiger partial charge in [-0.15, -0.1) is 11.3 Å². The lowest BCUT2D eigenvalue weighted by Gasteiger charge is -2.17. The Labute approximate surface area is 128 Å². The molecule has 2 rings (SSSR count). The minimum Gasteiger partial charge on any atom is -0.305 e. The van der Waals surface area contributed by atoms with E-state index in [9.17, 15) is 0 Å². The molecule has 0 aliphatic carbocycles. The normalized spacial score (nSPS) is 12.6. The van der Waals surface area contributed by atoms with Crippen molar-refractivity contribution in [3.8, 4) is 0 Å². The lowest BCUT2D eigenvalue weighted by Crippen LogP contribution is -2.19. The molecule has 3 heteroatoms. The quantitative estimate of drug-likeness (QED) is 0.773. The van der Waals surface area contributed by atoms with Crippen LogP contribution in [0.15, 0.2) is 34.8 Å². The van der Waals surface area contributed by atoms with Gasteiger partial charge in [-0.25, -0.2) is 0 Å². The summed E-state index contributed by atoms with van der Waals surface area (Å²) in [6.45, 7) is 7.55. The Hall–Kier alpha value is -0.640. The number of nitrogens with one attached hydrogen (secondary N) is 1. The summed E-state index contributed by atoms with van der Waals surface area (Å²) in [5.41, 5.74) is 2.75. The molecule has 2 aromatic rings. The molecule has 1 atom stereocenters. The molecule has 0 fully saturated rings. The summed E-state index contributed by atoms with van der Waals surface area (Å²) in [5, 5.41) is 3.66. The van der Waals surface area contributed by atoms with Crippen molar-refractivity contribution in [2.24, 2.45) is 0 Å². The third kappa shape index (κ3) is 3.91. The highest BCUT2D eigenvalue weighted by Crippen LogP contribution is 2.24. The van der Waals surface area contributed by atoms with Gasteiger partial charge in [-0.2, -0.15) is 0 Å². The first-order chi connectivity index (χ1) is 9.10. The molecule has 1 N–H and O–H groups in total. The van der Waals surface area contributed by atoms with Gasteiger partial charge >= 0.3 is 0 Å². The van der Waals surface area contributed by atoms with Crippen molar-refractivity contribution in [3.63, 3.8) is 0 Å². The molecule has 1 heterocycles. The van der Waals surface area contributed by atoms with Gasteiger partial charge < -0.3 is 5.32 Å². The third-order valence-electron chi connectivity index (χ3n) is 3.40. The van der Waals surface area contributed by atoms with Crippen LogP contribution >= 0.6 is 27.3 Å². The highest BCUT2D eigenvalue weighted by atomic mass is 79.9. The standard InChI is InChI=1S/C16H20BrNS/c1-4-16(13-6-5-7-14(17)9-13)18-10-15-8-11(2)12(3)19-15/h5-9,16,18H,4,10H2,1-3H3. The van der Waals surface area contributed by atoms with E-state index in [1.54, 1.807) is 0 Å². The monoisotopic (exact) mass is 337 g/mol. The van der Waals surface area contributed by atoms with Crippen LogP contribution in [0.2, 0.25) is 0 Å². The van der Waals surface area contributed by atoms with E-state index >= 15 is 0 Å². The molecule has 1 aromatic heterocycles. The molecule has 19 heavy (non-hydrogen) atoms. The fourth-order valence-corrected chi connectivity index (χ4v) is 3.60. The van der Waals surface area contributed by atoms with Gasteiger partial charge in [-0.3, -0.25) is 0 Å². The van der Waals surface area contributed by atoms with E-state index in [0.29, 0.717) is 6.04 Å². The first-order valence-electron chi connectivity index (χ1n) is 6.65. The Morgan fingerprint density at radius 1 is 1.26 bits per heavy atom. The summed E-state index contributed by atoms with van der Waals surface area (Å²) in [4.78, 5) is 2.84. The summed E-state index contributed by atoms with van der Waals surface area (Å²) in [6, 6.07) is 11.3. The van der Waals surface area contributed by atoms with Crippen molar-refractivity contribution in [3.05, 3.63) is 55.7 Å². The van der Waals surface area contributed by atoms with E-state index in [1.165, 1.54) is 20.9 Å². The van der Waals surface area contributed by atoms with E-state index in [-0.39, 0.29) is 0 Å². The predicted octanol–water partition coefficient (Wildman–Crippen LogP) is 5.37. The molecule has 1 nitrogen and oxygen atoms in total. The summed E-state index contributed by atoms with van der Waals surface area (Å²) >= 11 is 5.44. The zero-order valence-electron chi connectivity index (χ0n) is 11.7. The molecular formula is C16H20BrNS. The molecule has 0 bridgehead atoms. The molecule has 0 aliphatic heterocycles. The van der Waals surface area contributed by atoms with Crippen LogP contribution in [0, 0.1) is 13.8 Å². The van der Waals surface area contributed by atoms with Crippen molar-refractivity contribution >= 4 is 27.3 Å². The number of halogens is 1. The highest BCUT2D eigenvalue weighted by Gasteiger charge is 2.10. The summed E-state index contributed by atoms with van der Waals surface area (Å²) < 4.78 is 1.15. The molecule has 0 spiro atoms. The fourth-order valence-electron chi connectivity index (χ4n) is 2.18. The molecule has 0 saturated heterocycles. The SMILES string of the molecule is CCC(NCc1cc(C)c(C)s1)c1cccc(Br)c1. The number of hydrogen-bond acceptors (Lipinski definition) is 2. The Morgan fingerprint density at radius 2 is 2.05 bits per heavy atom. The third-order valence-corrected chi connectivity index (χ3v) is 5.04. The Morgan fingerprint density at radius 3 is 2.63 bits per heavy atom. The van der Waals surface area contributed by atoms with Gasteiger partial charge in [0, 0.05) is 26.8 Å². The van der Waals surface area contributed by atoms with E-state index in [0.717, 1.165) is 17.4 Å². The van der Waals surface area contributed by atoms with Crippen LogP contribution in [0.5, 0.6) is 0 Å². The molecule has 1 unspecified atom stereocenters. The zero-order valence-corrected chi connectivity index (χ0v) is 14.1. The van der Waals surface area contributed by atoms with Gasteiger partial charge in [0.15, 0.2) is 0 Å². The van der Waals surface area contributed by atoms with E-state index in [1.807, 2.05) is 11.3 Å². The lowest BCUT2D eigenvalue weighted by molar-refractivity contribution is 0.522. The number of benzene rings is 1. The zero-order chi connectivity index (χ0) is 13.8. The smallest absolute Gasteiger partial charge is 0.0321 e. The van der Waals surface area contributed by atoms with Crippen molar-refractivity contribution in [1.29, 1.82) is 0 Å². The number of hydrogen-bond donors (Lipinski definition) is 1. The lowest BCUT2D eigenvalue weighted by atomic mass is 10.0. The molecule has 0 saturated carbocycles. The van der Waals surface area contributed by atoms with Crippen molar-refractivity contribution in [2.45, 2.75) is 39.8 Å². The average Bonchev–Trinajstić information content (AvgIpc) is 2.70. The van der Waals surface area contributed by atoms with Crippen LogP contribution < -0.4 is 5.32 Å². The Balaban J connectivity index is 2.03. The summed E-state index contributed by atoms with van der Waals surface area (Å²) in [6.07, 6.45) is 1.10. The topological polar surface area (TPSA) is 12.0 Å². The van der Waals surface area contributed by atoms with Crippen LogP contribution in [0.3, 0.4) is 0 Å². The van der Waals surface area contributed by atoms with Gasteiger partial charge in [0.25, 0.3) is 0 Å². The minimum atomic E-state index is 0.417. The van der Waals surface area contributed by atoms with Crippen molar-refractivity contribution in [2.75, 3.05) is 0 Å². The van der Waals surface area contributed by atoms with Gasteiger partial charge in [0.1, 0.15) is 0 Å². The van der Waals surface area contributed by atoms with Crippen LogP contribution in [-0.4, -0.2) is 0 Å². The Bertz CT molecular complexity index is 528. The van der Waals surface area contributed by atoms with Gasteiger partial charge in [-0.1, -0.05) is 35.0 Å². The Kier molecular flexibility index (Phi) is 5.20.